The molecule has 0 unspecified atom stereocenters. The minimum atomic E-state index is -0.576. The third-order valence-electron chi connectivity index (χ3n) is 2.69. The summed E-state index contributed by atoms with van der Waals surface area (Å²) in [6.07, 6.45) is 2.71. The lowest BCUT2D eigenvalue weighted by molar-refractivity contribution is 0.620. The summed E-state index contributed by atoms with van der Waals surface area (Å²) < 4.78 is 14.5. The molecule has 2 aromatic heterocycles. The third-order valence-corrected chi connectivity index (χ3v) is 3.13. The molecule has 0 saturated heterocycles. The number of anilines is 3. The van der Waals surface area contributed by atoms with Crippen LogP contribution in [-0.2, 0) is 0 Å². The van der Waals surface area contributed by atoms with Gasteiger partial charge in [-0.05, 0) is 28.1 Å². The second-order valence-corrected chi connectivity index (χ2v) is 5.00. The van der Waals surface area contributed by atoms with Gasteiger partial charge in [0.2, 0.25) is 5.95 Å². The summed E-state index contributed by atoms with van der Waals surface area (Å²) in [5.41, 5.74) is 6.82. The zero-order valence-electron chi connectivity index (χ0n) is 10.1. The first-order valence-corrected chi connectivity index (χ1v) is 6.52. The lowest BCUT2D eigenvalue weighted by Crippen LogP contribution is -2.03. The lowest BCUT2D eigenvalue weighted by atomic mass is 10.2. The van der Waals surface area contributed by atoms with E-state index in [1.807, 2.05) is 18.2 Å². The number of nitrogens with two attached hydrogens (primary N) is 1. The molecule has 0 spiro atoms. The molecule has 0 aliphatic carbocycles. The zero-order chi connectivity index (χ0) is 14.1. The number of halogens is 2. The molecular formula is C13H9BrFN5. The summed E-state index contributed by atoms with van der Waals surface area (Å²) in [4.78, 5) is 11.7. The van der Waals surface area contributed by atoms with Crippen molar-refractivity contribution in [3.8, 4) is 0 Å². The minimum absolute atomic E-state index is 0.00448. The fourth-order valence-electron chi connectivity index (χ4n) is 1.83. The number of nitrogens with zero attached hydrogens (tertiary/aromatic N) is 3. The highest BCUT2D eigenvalue weighted by atomic mass is 79.9. The highest BCUT2D eigenvalue weighted by Gasteiger charge is 2.09. The van der Waals surface area contributed by atoms with Crippen LogP contribution in [0.25, 0.3) is 10.9 Å². The Labute approximate surface area is 122 Å². The number of fused-ring (bicyclic) bond motifs is 1. The van der Waals surface area contributed by atoms with E-state index in [-0.39, 0.29) is 11.8 Å². The molecule has 0 bridgehead atoms. The van der Waals surface area contributed by atoms with Gasteiger partial charge in [0.15, 0.2) is 11.6 Å². The molecule has 0 saturated carbocycles. The molecule has 3 rings (SSSR count). The highest BCUT2D eigenvalue weighted by Crippen LogP contribution is 2.26. The lowest BCUT2D eigenvalue weighted by Gasteiger charge is -2.09. The van der Waals surface area contributed by atoms with E-state index in [4.69, 9.17) is 5.73 Å². The molecule has 100 valence electrons. The average Bonchev–Trinajstić information content (AvgIpc) is 2.43. The summed E-state index contributed by atoms with van der Waals surface area (Å²) in [6.45, 7) is 0. The molecule has 7 heteroatoms. The van der Waals surface area contributed by atoms with Gasteiger partial charge >= 0.3 is 0 Å². The number of nitrogens with one attached hydrogen (secondary N) is 1. The molecule has 0 radical (unpaired) electrons. The number of hydrogen-bond acceptors (Lipinski definition) is 5. The molecule has 0 fully saturated rings. The quantitative estimate of drug-likeness (QED) is 0.752. The Morgan fingerprint density at radius 3 is 2.90 bits per heavy atom. The summed E-state index contributed by atoms with van der Waals surface area (Å²) in [5, 5.41) is 3.81. The summed E-state index contributed by atoms with van der Waals surface area (Å²) in [7, 11) is 0. The molecule has 1 aromatic carbocycles. The van der Waals surface area contributed by atoms with Crippen molar-refractivity contribution >= 4 is 44.3 Å². The van der Waals surface area contributed by atoms with Gasteiger partial charge in [-0.3, -0.25) is 4.98 Å². The average molecular weight is 334 g/mol. The standard InChI is InChI=1S/C13H9BrFN5/c14-8-4-7-2-1-3-10(11(7)17-5-8)19-12-9(15)6-18-13(16)20-12/h1-6H,(H3,16,18,19,20). The van der Waals surface area contributed by atoms with Crippen LogP contribution < -0.4 is 11.1 Å². The summed E-state index contributed by atoms with van der Waals surface area (Å²) in [5.74, 6) is -0.548. The van der Waals surface area contributed by atoms with Crippen molar-refractivity contribution in [2.24, 2.45) is 0 Å². The van der Waals surface area contributed by atoms with Crippen molar-refractivity contribution < 1.29 is 4.39 Å². The number of pyridine rings is 1. The molecule has 2 heterocycles. The van der Waals surface area contributed by atoms with E-state index in [0.717, 1.165) is 16.1 Å². The maximum Gasteiger partial charge on any atom is 0.222 e. The SMILES string of the molecule is Nc1ncc(F)c(Nc2cccc3cc(Br)cnc23)n1. The second-order valence-electron chi connectivity index (χ2n) is 4.08. The van der Waals surface area contributed by atoms with E-state index in [1.165, 1.54) is 0 Å². The van der Waals surface area contributed by atoms with Crippen molar-refractivity contribution in [1.82, 2.24) is 15.0 Å². The number of benzene rings is 1. The Kier molecular flexibility index (Phi) is 3.19. The van der Waals surface area contributed by atoms with Crippen LogP contribution in [-0.4, -0.2) is 15.0 Å². The normalized spacial score (nSPS) is 10.7. The molecule has 3 N–H and O–H groups in total. The van der Waals surface area contributed by atoms with Gasteiger partial charge in [0.05, 0.1) is 17.4 Å². The molecule has 0 atom stereocenters. The van der Waals surface area contributed by atoms with Crippen LogP contribution in [0.5, 0.6) is 0 Å². The van der Waals surface area contributed by atoms with Crippen LogP contribution in [0.15, 0.2) is 41.1 Å². The van der Waals surface area contributed by atoms with E-state index in [9.17, 15) is 4.39 Å². The Hall–Kier alpha value is -2.28. The van der Waals surface area contributed by atoms with Crippen LogP contribution in [0, 0.1) is 5.82 Å². The largest absolute Gasteiger partial charge is 0.368 e. The van der Waals surface area contributed by atoms with Crippen molar-refractivity contribution in [1.29, 1.82) is 0 Å². The summed E-state index contributed by atoms with van der Waals surface area (Å²) in [6, 6.07) is 7.49. The molecule has 5 nitrogen and oxygen atoms in total. The first-order valence-electron chi connectivity index (χ1n) is 5.73. The molecule has 0 aliphatic heterocycles. The van der Waals surface area contributed by atoms with Gasteiger partial charge in [-0.2, -0.15) is 4.98 Å². The van der Waals surface area contributed by atoms with E-state index in [1.54, 1.807) is 12.3 Å². The van der Waals surface area contributed by atoms with Gasteiger partial charge in [-0.15, -0.1) is 0 Å². The Morgan fingerprint density at radius 1 is 1.20 bits per heavy atom. The van der Waals surface area contributed by atoms with E-state index >= 15 is 0 Å². The molecule has 0 amide bonds. The molecule has 20 heavy (non-hydrogen) atoms. The number of nitrogen functional groups attached to an aromatic ring is 1. The summed E-state index contributed by atoms with van der Waals surface area (Å²) >= 11 is 3.36. The van der Waals surface area contributed by atoms with E-state index in [2.05, 4.69) is 36.2 Å². The third kappa shape index (κ3) is 2.39. The zero-order valence-corrected chi connectivity index (χ0v) is 11.7. The Balaban J connectivity index is 2.09. The molecule has 3 aromatic rings. The first kappa shape index (κ1) is 12.7. The number of para-hydroxylation sites is 1. The predicted octanol–water partition coefficient (Wildman–Crippen LogP) is 3.25. The fourth-order valence-corrected chi connectivity index (χ4v) is 2.18. The van der Waals surface area contributed by atoms with Crippen LogP contribution in [0.2, 0.25) is 0 Å². The number of hydrogen-bond donors (Lipinski definition) is 2. The Bertz CT molecular complexity index is 793. The van der Waals surface area contributed by atoms with Gasteiger partial charge in [0, 0.05) is 16.1 Å². The fraction of sp³-hybridized carbons (Fsp3) is 0. The van der Waals surface area contributed by atoms with Crippen molar-refractivity contribution in [2.75, 3.05) is 11.1 Å². The van der Waals surface area contributed by atoms with Gasteiger partial charge in [0.25, 0.3) is 0 Å². The monoisotopic (exact) mass is 333 g/mol. The predicted molar refractivity (Wildman–Crippen MR) is 79.1 cm³/mol. The van der Waals surface area contributed by atoms with Crippen LogP contribution in [0.1, 0.15) is 0 Å². The van der Waals surface area contributed by atoms with Gasteiger partial charge < -0.3 is 11.1 Å². The van der Waals surface area contributed by atoms with Gasteiger partial charge in [-0.25, -0.2) is 9.37 Å². The maximum atomic E-state index is 13.6. The molecule has 0 aliphatic rings. The van der Waals surface area contributed by atoms with E-state index in [0.29, 0.717) is 11.2 Å². The maximum absolute atomic E-state index is 13.6. The number of aromatic nitrogens is 3. The minimum Gasteiger partial charge on any atom is -0.368 e. The Morgan fingerprint density at radius 2 is 2.05 bits per heavy atom. The molecular weight excluding hydrogens is 325 g/mol. The van der Waals surface area contributed by atoms with Crippen molar-refractivity contribution in [3.63, 3.8) is 0 Å². The van der Waals surface area contributed by atoms with Crippen LogP contribution >= 0.6 is 15.9 Å². The van der Waals surface area contributed by atoms with Crippen LogP contribution in [0.4, 0.5) is 21.8 Å². The highest BCUT2D eigenvalue weighted by molar-refractivity contribution is 9.10. The van der Waals surface area contributed by atoms with Gasteiger partial charge in [0.1, 0.15) is 0 Å². The van der Waals surface area contributed by atoms with Gasteiger partial charge in [-0.1, -0.05) is 12.1 Å². The smallest absolute Gasteiger partial charge is 0.222 e. The number of rotatable bonds is 2. The van der Waals surface area contributed by atoms with Crippen molar-refractivity contribution in [3.05, 3.63) is 46.9 Å². The second kappa shape index (κ2) is 5.01. The van der Waals surface area contributed by atoms with E-state index < -0.39 is 5.82 Å². The topological polar surface area (TPSA) is 76.7 Å². The first-order chi connectivity index (χ1) is 9.63. The van der Waals surface area contributed by atoms with Crippen LogP contribution in [0.3, 0.4) is 0 Å². The van der Waals surface area contributed by atoms with Crippen molar-refractivity contribution in [2.45, 2.75) is 0 Å².